The molecule has 0 bridgehead atoms. The highest BCUT2D eigenvalue weighted by Crippen LogP contribution is 2.19. The topological polar surface area (TPSA) is 62.2 Å². The molecule has 126 valence electrons. The monoisotopic (exact) mass is 332 g/mol. The van der Waals surface area contributed by atoms with Gasteiger partial charge >= 0.3 is 0 Å². The van der Waals surface area contributed by atoms with Gasteiger partial charge in [0.1, 0.15) is 0 Å². The van der Waals surface area contributed by atoms with Crippen molar-refractivity contribution in [2.75, 3.05) is 6.61 Å². The van der Waals surface area contributed by atoms with Gasteiger partial charge in [-0.1, -0.05) is 60.7 Å². The maximum atomic E-state index is 12.6. The summed E-state index contributed by atoms with van der Waals surface area (Å²) in [5.74, 6) is -0.243. The number of amides is 1. The van der Waals surface area contributed by atoms with Crippen molar-refractivity contribution in [1.82, 2.24) is 10.3 Å². The zero-order valence-corrected chi connectivity index (χ0v) is 14.0. The number of nitrogens with zero attached hydrogens (tertiary/aromatic N) is 1. The number of aliphatic hydroxyl groups is 1. The Balaban J connectivity index is 1.80. The summed E-state index contributed by atoms with van der Waals surface area (Å²) < 4.78 is 0. The lowest BCUT2D eigenvalue weighted by molar-refractivity contribution is 0.0915. The van der Waals surface area contributed by atoms with Crippen LogP contribution in [-0.2, 0) is 0 Å². The Morgan fingerprint density at radius 1 is 1.00 bits per heavy atom. The van der Waals surface area contributed by atoms with Gasteiger partial charge in [-0.25, -0.2) is 0 Å². The fourth-order valence-electron chi connectivity index (χ4n) is 2.73. The Morgan fingerprint density at radius 3 is 2.24 bits per heavy atom. The summed E-state index contributed by atoms with van der Waals surface area (Å²) in [5, 5.41) is 12.5. The van der Waals surface area contributed by atoms with E-state index in [1.807, 2.05) is 73.7 Å². The number of aromatic nitrogens is 1. The minimum absolute atomic E-state index is 0.162. The van der Waals surface area contributed by atoms with E-state index in [0.717, 1.165) is 16.8 Å². The first-order valence-corrected chi connectivity index (χ1v) is 8.19. The molecule has 0 fully saturated rings. The van der Waals surface area contributed by atoms with Crippen molar-refractivity contribution in [3.8, 4) is 11.3 Å². The third-order valence-corrected chi connectivity index (χ3v) is 4.09. The number of hydrogen-bond donors (Lipinski definition) is 2. The summed E-state index contributed by atoms with van der Waals surface area (Å²) in [4.78, 5) is 17.1. The number of aliphatic hydroxyl groups excluding tert-OH is 1. The molecular weight excluding hydrogens is 312 g/mol. The number of carbonyl (C=O) groups excluding carboxylic acids is 1. The van der Waals surface area contributed by atoms with Gasteiger partial charge in [0, 0.05) is 5.56 Å². The third-order valence-electron chi connectivity index (χ3n) is 4.09. The van der Waals surface area contributed by atoms with Crippen LogP contribution in [-0.4, -0.2) is 22.6 Å². The van der Waals surface area contributed by atoms with E-state index in [9.17, 15) is 9.90 Å². The van der Waals surface area contributed by atoms with E-state index in [1.165, 1.54) is 0 Å². The molecule has 3 rings (SSSR count). The molecule has 25 heavy (non-hydrogen) atoms. The Labute approximate surface area is 147 Å². The standard InChI is InChI=1S/C21H20N2O2/c1-15-18(12-13-19(22-15)16-8-4-2-5-9-16)21(25)23-20(14-24)17-10-6-3-7-11-17/h2-13,20,24H,14H2,1H3,(H,23,25). The molecule has 0 saturated heterocycles. The van der Waals surface area contributed by atoms with Crippen molar-refractivity contribution in [3.63, 3.8) is 0 Å². The predicted molar refractivity (Wildman–Crippen MR) is 98.1 cm³/mol. The molecule has 1 unspecified atom stereocenters. The lowest BCUT2D eigenvalue weighted by atomic mass is 10.1. The predicted octanol–water partition coefficient (Wildman–Crippen LogP) is 3.52. The summed E-state index contributed by atoms with van der Waals surface area (Å²) in [7, 11) is 0. The number of nitrogens with one attached hydrogen (secondary N) is 1. The summed E-state index contributed by atoms with van der Waals surface area (Å²) in [6.07, 6.45) is 0. The Morgan fingerprint density at radius 2 is 1.64 bits per heavy atom. The van der Waals surface area contributed by atoms with Gasteiger partial charge in [0.2, 0.25) is 0 Å². The SMILES string of the molecule is Cc1nc(-c2ccccc2)ccc1C(=O)NC(CO)c1ccccc1. The number of hydrogen-bond acceptors (Lipinski definition) is 3. The number of aryl methyl sites for hydroxylation is 1. The molecule has 0 aliphatic rings. The molecule has 1 heterocycles. The van der Waals surface area contributed by atoms with E-state index < -0.39 is 6.04 Å². The van der Waals surface area contributed by atoms with E-state index in [1.54, 1.807) is 6.07 Å². The second-order valence-electron chi connectivity index (χ2n) is 5.81. The summed E-state index contributed by atoms with van der Waals surface area (Å²) in [6, 6.07) is 22.4. The van der Waals surface area contributed by atoms with Crippen LogP contribution in [0.3, 0.4) is 0 Å². The first-order valence-electron chi connectivity index (χ1n) is 8.19. The number of benzene rings is 2. The van der Waals surface area contributed by atoms with Crippen LogP contribution in [0.25, 0.3) is 11.3 Å². The Hall–Kier alpha value is -2.98. The lowest BCUT2D eigenvalue weighted by Gasteiger charge is -2.17. The minimum Gasteiger partial charge on any atom is -0.394 e. The maximum absolute atomic E-state index is 12.6. The van der Waals surface area contributed by atoms with Crippen LogP contribution in [0.5, 0.6) is 0 Å². The molecule has 0 saturated carbocycles. The van der Waals surface area contributed by atoms with E-state index in [0.29, 0.717) is 11.3 Å². The summed E-state index contributed by atoms with van der Waals surface area (Å²) >= 11 is 0. The summed E-state index contributed by atoms with van der Waals surface area (Å²) in [5.41, 5.74) is 3.87. The van der Waals surface area contributed by atoms with Gasteiger partial charge in [0.25, 0.3) is 5.91 Å². The highest BCUT2D eigenvalue weighted by atomic mass is 16.3. The van der Waals surface area contributed by atoms with Crippen molar-refractivity contribution >= 4 is 5.91 Å². The smallest absolute Gasteiger partial charge is 0.253 e. The van der Waals surface area contributed by atoms with E-state index in [4.69, 9.17) is 0 Å². The molecule has 4 nitrogen and oxygen atoms in total. The molecular formula is C21H20N2O2. The molecule has 1 atom stereocenters. The fraction of sp³-hybridized carbons (Fsp3) is 0.143. The van der Waals surface area contributed by atoms with Crippen LogP contribution in [0, 0.1) is 6.92 Å². The number of rotatable bonds is 5. The lowest BCUT2D eigenvalue weighted by Crippen LogP contribution is -2.31. The van der Waals surface area contributed by atoms with Gasteiger partial charge in [-0.15, -0.1) is 0 Å². The maximum Gasteiger partial charge on any atom is 0.253 e. The van der Waals surface area contributed by atoms with Gasteiger partial charge in [-0.05, 0) is 24.6 Å². The molecule has 0 aliphatic carbocycles. The molecule has 0 aliphatic heterocycles. The van der Waals surface area contributed by atoms with Crippen molar-refractivity contribution in [3.05, 3.63) is 89.6 Å². The van der Waals surface area contributed by atoms with Crippen LogP contribution in [0.2, 0.25) is 0 Å². The average Bonchev–Trinajstić information content (AvgIpc) is 2.67. The summed E-state index contributed by atoms with van der Waals surface area (Å²) in [6.45, 7) is 1.65. The molecule has 2 aromatic carbocycles. The van der Waals surface area contributed by atoms with Crippen LogP contribution in [0.15, 0.2) is 72.8 Å². The van der Waals surface area contributed by atoms with Crippen molar-refractivity contribution in [1.29, 1.82) is 0 Å². The largest absolute Gasteiger partial charge is 0.394 e. The average molecular weight is 332 g/mol. The second-order valence-corrected chi connectivity index (χ2v) is 5.81. The molecule has 0 spiro atoms. The van der Waals surface area contributed by atoms with E-state index in [2.05, 4.69) is 10.3 Å². The van der Waals surface area contributed by atoms with Gasteiger partial charge in [-0.3, -0.25) is 9.78 Å². The fourth-order valence-corrected chi connectivity index (χ4v) is 2.73. The molecule has 2 N–H and O–H groups in total. The number of pyridine rings is 1. The molecule has 1 aromatic heterocycles. The van der Waals surface area contributed by atoms with Crippen LogP contribution < -0.4 is 5.32 Å². The molecule has 4 heteroatoms. The van der Waals surface area contributed by atoms with E-state index in [-0.39, 0.29) is 12.5 Å². The molecule has 0 radical (unpaired) electrons. The zero-order chi connectivity index (χ0) is 17.6. The highest BCUT2D eigenvalue weighted by molar-refractivity contribution is 5.95. The molecule has 1 amide bonds. The van der Waals surface area contributed by atoms with Crippen molar-refractivity contribution < 1.29 is 9.90 Å². The third kappa shape index (κ3) is 3.92. The van der Waals surface area contributed by atoms with Crippen molar-refractivity contribution in [2.24, 2.45) is 0 Å². The first kappa shape index (κ1) is 16.9. The zero-order valence-electron chi connectivity index (χ0n) is 14.0. The minimum atomic E-state index is -0.443. The molecule has 3 aromatic rings. The van der Waals surface area contributed by atoms with E-state index >= 15 is 0 Å². The quantitative estimate of drug-likeness (QED) is 0.751. The van der Waals surface area contributed by atoms with Crippen LogP contribution in [0.1, 0.15) is 27.7 Å². The Kier molecular flexibility index (Phi) is 5.21. The normalized spacial score (nSPS) is 11.8. The van der Waals surface area contributed by atoms with Crippen LogP contribution >= 0.6 is 0 Å². The van der Waals surface area contributed by atoms with Gasteiger partial charge in [-0.2, -0.15) is 0 Å². The second kappa shape index (κ2) is 7.73. The number of carbonyl (C=O) groups is 1. The van der Waals surface area contributed by atoms with Gasteiger partial charge < -0.3 is 10.4 Å². The Bertz CT molecular complexity index is 848. The van der Waals surface area contributed by atoms with Gasteiger partial charge in [0.15, 0.2) is 0 Å². The van der Waals surface area contributed by atoms with Crippen molar-refractivity contribution in [2.45, 2.75) is 13.0 Å². The highest BCUT2D eigenvalue weighted by Gasteiger charge is 2.17. The first-order chi connectivity index (χ1) is 12.2. The van der Waals surface area contributed by atoms with Gasteiger partial charge in [0.05, 0.1) is 29.6 Å². The van der Waals surface area contributed by atoms with Crippen LogP contribution in [0.4, 0.5) is 0 Å².